The average molecular weight is 268 g/mol. The molecule has 20 heavy (non-hydrogen) atoms. The third-order valence-corrected chi connectivity index (χ3v) is 3.16. The fourth-order valence-electron chi connectivity index (χ4n) is 2.15. The number of nitrogens with one attached hydrogen (secondary N) is 2. The number of carbonyl (C=O) groups excluding carboxylic acids is 1. The topological polar surface area (TPSA) is 41.1 Å². The molecule has 0 radical (unpaired) electrons. The van der Waals surface area contributed by atoms with Crippen molar-refractivity contribution in [3.63, 3.8) is 0 Å². The van der Waals surface area contributed by atoms with Crippen molar-refractivity contribution >= 4 is 17.3 Å². The van der Waals surface area contributed by atoms with Crippen molar-refractivity contribution in [2.75, 3.05) is 10.6 Å². The van der Waals surface area contributed by atoms with E-state index in [1.165, 1.54) is 23.6 Å². The first kappa shape index (κ1) is 14.1. The molecule has 0 aromatic heterocycles. The summed E-state index contributed by atoms with van der Waals surface area (Å²) in [6.07, 6.45) is 0. The predicted molar refractivity (Wildman–Crippen MR) is 84.0 cm³/mol. The summed E-state index contributed by atoms with van der Waals surface area (Å²) in [4.78, 5) is 11.0. The van der Waals surface area contributed by atoms with Crippen LogP contribution in [0.4, 0.5) is 11.4 Å². The lowest BCUT2D eigenvalue weighted by atomic mass is 10.1. The van der Waals surface area contributed by atoms with Crippen molar-refractivity contribution in [1.82, 2.24) is 0 Å². The summed E-state index contributed by atoms with van der Waals surface area (Å²) in [6.45, 7) is 6.50. The minimum atomic E-state index is -0.0588. The highest BCUT2D eigenvalue weighted by molar-refractivity contribution is 5.89. The van der Waals surface area contributed by atoms with Crippen LogP contribution in [-0.4, -0.2) is 5.91 Å². The molecule has 2 rings (SSSR count). The molecule has 0 fully saturated rings. The molecule has 0 atom stereocenters. The molecule has 0 saturated heterocycles. The molecule has 3 nitrogen and oxygen atoms in total. The summed E-state index contributed by atoms with van der Waals surface area (Å²) in [6, 6.07) is 14.2. The molecule has 0 aliphatic rings. The molecular formula is C17H20N2O. The average Bonchev–Trinajstić information content (AvgIpc) is 2.37. The fraction of sp³-hybridized carbons (Fsp3) is 0.235. The second-order valence-corrected chi connectivity index (χ2v) is 5.05. The van der Waals surface area contributed by atoms with Gasteiger partial charge in [-0.05, 0) is 43.2 Å². The van der Waals surface area contributed by atoms with Crippen molar-refractivity contribution in [3.05, 3.63) is 59.2 Å². The lowest BCUT2D eigenvalue weighted by molar-refractivity contribution is -0.114. The predicted octanol–water partition coefficient (Wildman–Crippen LogP) is 3.87. The van der Waals surface area contributed by atoms with E-state index in [1.54, 1.807) is 0 Å². The van der Waals surface area contributed by atoms with Gasteiger partial charge < -0.3 is 10.6 Å². The molecule has 3 heteroatoms. The number of hydrogen-bond acceptors (Lipinski definition) is 2. The fourth-order valence-corrected chi connectivity index (χ4v) is 2.15. The Bertz CT molecular complexity index is 620. The van der Waals surface area contributed by atoms with Gasteiger partial charge in [0.2, 0.25) is 5.91 Å². The first-order chi connectivity index (χ1) is 9.54. The number of rotatable bonds is 4. The molecule has 0 aliphatic heterocycles. The zero-order valence-corrected chi connectivity index (χ0v) is 12.2. The zero-order valence-electron chi connectivity index (χ0n) is 12.2. The number of aryl methyl sites for hydroxylation is 2. The largest absolute Gasteiger partial charge is 0.381 e. The second-order valence-electron chi connectivity index (χ2n) is 5.05. The number of carbonyl (C=O) groups is 1. The normalized spacial score (nSPS) is 10.2. The van der Waals surface area contributed by atoms with E-state index in [2.05, 4.69) is 42.7 Å². The van der Waals surface area contributed by atoms with Gasteiger partial charge in [0.25, 0.3) is 0 Å². The van der Waals surface area contributed by atoms with Gasteiger partial charge >= 0.3 is 0 Å². The highest BCUT2D eigenvalue weighted by Gasteiger charge is 2.00. The Labute approximate surface area is 120 Å². The molecular weight excluding hydrogens is 248 g/mol. The molecule has 2 aromatic rings. The van der Waals surface area contributed by atoms with E-state index in [1.807, 2.05) is 24.3 Å². The van der Waals surface area contributed by atoms with Gasteiger partial charge in [-0.1, -0.05) is 29.8 Å². The summed E-state index contributed by atoms with van der Waals surface area (Å²) in [7, 11) is 0. The summed E-state index contributed by atoms with van der Waals surface area (Å²) >= 11 is 0. The number of anilines is 2. The van der Waals surface area contributed by atoms with E-state index in [0.29, 0.717) is 0 Å². The van der Waals surface area contributed by atoms with Crippen LogP contribution >= 0.6 is 0 Å². The van der Waals surface area contributed by atoms with Crippen LogP contribution in [0.2, 0.25) is 0 Å². The molecule has 0 aliphatic carbocycles. The third-order valence-electron chi connectivity index (χ3n) is 3.16. The number of amides is 1. The van der Waals surface area contributed by atoms with Gasteiger partial charge in [0.1, 0.15) is 0 Å². The first-order valence-electron chi connectivity index (χ1n) is 6.72. The van der Waals surface area contributed by atoms with Gasteiger partial charge in [-0.25, -0.2) is 0 Å². The molecule has 0 saturated carbocycles. The Balaban J connectivity index is 2.05. The Kier molecular flexibility index (Phi) is 4.41. The van der Waals surface area contributed by atoms with E-state index in [-0.39, 0.29) is 5.91 Å². The summed E-state index contributed by atoms with van der Waals surface area (Å²) in [5.41, 5.74) is 5.65. The van der Waals surface area contributed by atoms with E-state index >= 15 is 0 Å². The van der Waals surface area contributed by atoms with Crippen LogP contribution in [0.15, 0.2) is 42.5 Å². The minimum Gasteiger partial charge on any atom is -0.381 e. The van der Waals surface area contributed by atoms with Crippen LogP contribution in [-0.2, 0) is 11.3 Å². The molecule has 1 amide bonds. The van der Waals surface area contributed by atoms with Crippen LogP contribution in [0.5, 0.6) is 0 Å². The quantitative estimate of drug-likeness (QED) is 0.883. The van der Waals surface area contributed by atoms with Gasteiger partial charge in [-0.15, -0.1) is 0 Å². The Morgan fingerprint density at radius 3 is 2.50 bits per heavy atom. The van der Waals surface area contributed by atoms with Crippen LogP contribution in [0.3, 0.4) is 0 Å². The molecule has 0 heterocycles. The van der Waals surface area contributed by atoms with Crippen molar-refractivity contribution in [3.8, 4) is 0 Å². The van der Waals surface area contributed by atoms with Crippen LogP contribution < -0.4 is 10.6 Å². The first-order valence-corrected chi connectivity index (χ1v) is 6.72. The van der Waals surface area contributed by atoms with Crippen LogP contribution in [0.1, 0.15) is 23.6 Å². The van der Waals surface area contributed by atoms with Crippen LogP contribution in [0, 0.1) is 13.8 Å². The van der Waals surface area contributed by atoms with Gasteiger partial charge in [-0.3, -0.25) is 4.79 Å². The maximum atomic E-state index is 11.0. The summed E-state index contributed by atoms with van der Waals surface area (Å²) in [5.74, 6) is -0.0588. The molecule has 2 N–H and O–H groups in total. The third kappa shape index (κ3) is 3.85. The Morgan fingerprint density at radius 2 is 1.80 bits per heavy atom. The second kappa shape index (κ2) is 6.24. The Hall–Kier alpha value is -2.29. The van der Waals surface area contributed by atoms with Gasteiger partial charge in [0, 0.05) is 24.8 Å². The molecule has 2 aromatic carbocycles. The van der Waals surface area contributed by atoms with E-state index in [0.717, 1.165) is 17.9 Å². The summed E-state index contributed by atoms with van der Waals surface area (Å²) < 4.78 is 0. The lowest BCUT2D eigenvalue weighted by Crippen LogP contribution is -2.06. The Morgan fingerprint density at radius 1 is 1.05 bits per heavy atom. The van der Waals surface area contributed by atoms with E-state index in [4.69, 9.17) is 0 Å². The van der Waals surface area contributed by atoms with Crippen molar-refractivity contribution in [2.24, 2.45) is 0 Å². The molecule has 0 spiro atoms. The van der Waals surface area contributed by atoms with Crippen LogP contribution in [0.25, 0.3) is 0 Å². The highest BCUT2D eigenvalue weighted by atomic mass is 16.1. The zero-order chi connectivity index (χ0) is 14.5. The van der Waals surface area contributed by atoms with E-state index < -0.39 is 0 Å². The smallest absolute Gasteiger partial charge is 0.221 e. The van der Waals surface area contributed by atoms with Crippen molar-refractivity contribution in [2.45, 2.75) is 27.3 Å². The standard InChI is InChI=1S/C17H20N2O/c1-12-7-8-15(13(2)9-12)11-18-16-5-4-6-17(10-16)19-14(3)20/h4-10,18H,11H2,1-3H3,(H,19,20). The molecule has 0 bridgehead atoms. The van der Waals surface area contributed by atoms with Crippen molar-refractivity contribution in [1.29, 1.82) is 0 Å². The maximum Gasteiger partial charge on any atom is 0.221 e. The maximum absolute atomic E-state index is 11.0. The van der Waals surface area contributed by atoms with Crippen molar-refractivity contribution < 1.29 is 4.79 Å². The lowest BCUT2D eigenvalue weighted by Gasteiger charge is -2.11. The van der Waals surface area contributed by atoms with Gasteiger partial charge in [0.15, 0.2) is 0 Å². The SMILES string of the molecule is CC(=O)Nc1cccc(NCc2ccc(C)cc2C)c1. The minimum absolute atomic E-state index is 0.0588. The summed E-state index contributed by atoms with van der Waals surface area (Å²) in [5, 5.41) is 6.17. The highest BCUT2D eigenvalue weighted by Crippen LogP contribution is 2.17. The van der Waals surface area contributed by atoms with Gasteiger partial charge in [-0.2, -0.15) is 0 Å². The number of hydrogen-bond donors (Lipinski definition) is 2. The molecule has 0 unspecified atom stereocenters. The monoisotopic (exact) mass is 268 g/mol. The molecule has 104 valence electrons. The van der Waals surface area contributed by atoms with E-state index in [9.17, 15) is 4.79 Å². The number of benzene rings is 2. The van der Waals surface area contributed by atoms with Gasteiger partial charge in [0.05, 0.1) is 0 Å².